The molecule has 5 rings (SSSR count). The normalized spacial score (nSPS) is 16.6. The molecule has 2 aliphatic rings. The van der Waals surface area contributed by atoms with Crippen molar-refractivity contribution in [2.45, 2.75) is 12.2 Å². The van der Waals surface area contributed by atoms with Gasteiger partial charge in [0.1, 0.15) is 23.7 Å². The van der Waals surface area contributed by atoms with Crippen LogP contribution in [0, 0.1) is 0 Å². The molecule has 0 spiro atoms. The van der Waals surface area contributed by atoms with Crippen LogP contribution in [0.4, 0.5) is 47.7 Å². The number of rotatable bonds is 6. The standard InChI is InChI=1S/C25H24F3N7O2/c1-2-22(36)31-15-4-3-5-16(10-15)32-23-19(25(26,27)28)13-30-24(34-23)33-17-6-7-20-21(11-17)37-14-18-12-29-8-9-35(18)20/h2-7,10-11,13,18,29H,1,8-9,12,14H2,(H,31,36)(H2,30,32,33,34)/t18-/m0/s1. The number of halogens is 3. The van der Waals surface area contributed by atoms with Crippen LogP contribution in [-0.2, 0) is 11.0 Å². The van der Waals surface area contributed by atoms with Crippen LogP contribution in [0.25, 0.3) is 0 Å². The van der Waals surface area contributed by atoms with E-state index in [0.29, 0.717) is 29.4 Å². The highest BCUT2D eigenvalue weighted by atomic mass is 19.4. The zero-order valence-corrected chi connectivity index (χ0v) is 19.6. The van der Waals surface area contributed by atoms with Crippen LogP contribution in [0.3, 0.4) is 0 Å². The van der Waals surface area contributed by atoms with Gasteiger partial charge in [-0.25, -0.2) is 4.98 Å². The van der Waals surface area contributed by atoms with Crippen LogP contribution < -0.4 is 30.9 Å². The lowest BCUT2D eigenvalue weighted by atomic mass is 10.1. The monoisotopic (exact) mass is 511 g/mol. The van der Waals surface area contributed by atoms with Gasteiger partial charge in [-0.2, -0.15) is 18.2 Å². The van der Waals surface area contributed by atoms with Crippen molar-refractivity contribution in [2.75, 3.05) is 47.1 Å². The number of carbonyl (C=O) groups is 1. The van der Waals surface area contributed by atoms with E-state index < -0.39 is 23.5 Å². The van der Waals surface area contributed by atoms with Crippen molar-refractivity contribution in [2.24, 2.45) is 0 Å². The van der Waals surface area contributed by atoms with E-state index in [1.165, 1.54) is 6.07 Å². The number of hydrogen-bond acceptors (Lipinski definition) is 8. The molecule has 0 aliphatic carbocycles. The Hall–Kier alpha value is -4.32. The fraction of sp³-hybridized carbons (Fsp3) is 0.240. The van der Waals surface area contributed by atoms with E-state index in [0.717, 1.165) is 37.6 Å². The second kappa shape index (κ2) is 9.97. The molecule has 37 heavy (non-hydrogen) atoms. The molecular formula is C25H24F3N7O2. The second-order valence-electron chi connectivity index (χ2n) is 8.52. The number of alkyl halides is 3. The number of fused-ring (bicyclic) bond motifs is 3. The van der Waals surface area contributed by atoms with Gasteiger partial charge in [-0.15, -0.1) is 0 Å². The number of piperazine rings is 1. The third-order valence-electron chi connectivity index (χ3n) is 5.98. The zero-order valence-electron chi connectivity index (χ0n) is 19.6. The number of nitrogens with one attached hydrogen (secondary N) is 4. The summed E-state index contributed by atoms with van der Waals surface area (Å²) < 4.78 is 47.0. The average molecular weight is 512 g/mol. The van der Waals surface area contributed by atoms with Gasteiger partial charge in [-0.3, -0.25) is 4.79 Å². The van der Waals surface area contributed by atoms with Crippen molar-refractivity contribution in [3.63, 3.8) is 0 Å². The molecule has 1 fully saturated rings. The van der Waals surface area contributed by atoms with Gasteiger partial charge in [0, 0.05) is 49.0 Å². The Morgan fingerprint density at radius 3 is 2.78 bits per heavy atom. The predicted molar refractivity (Wildman–Crippen MR) is 135 cm³/mol. The van der Waals surface area contributed by atoms with Crippen LogP contribution in [0.5, 0.6) is 5.75 Å². The van der Waals surface area contributed by atoms with Crippen LogP contribution >= 0.6 is 0 Å². The number of carbonyl (C=O) groups excluding carboxylic acids is 1. The van der Waals surface area contributed by atoms with Crippen molar-refractivity contribution in [1.29, 1.82) is 0 Å². The molecule has 2 aliphatic heterocycles. The molecule has 2 aromatic carbocycles. The Morgan fingerprint density at radius 1 is 1.16 bits per heavy atom. The maximum Gasteiger partial charge on any atom is 0.421 e. The summed E-state index contributed by atoms with van der Waals surface area (Å²) in [6, 6.07) is 12.0. The number of nitrogens with zero attached hydrogens (tertiary/aromatic N) is 3. The van der Waals surface area contributed by atoms with Crippen molar-refractivity contribution in [3.05, 3.63) is 66.9 Å². The highest BCUT2D eigenvalue weighted by molar-refractivity contribution is 5.99. The molecule has 0 unspecified atom stereocenters. The molecule has 1 amide bonds. The molecular weight excluding hydrogens is 487 g/mol. The molecule has 3 aromatic rings. The number of aromatic nitrogens is 2. The summed E-state index contributed by atoms with van der Waals surface area (Å²) in [4.78, 5) is 21.8. The highest BCUT2D eigenvalue weighted by Gasteiger charge is 2.35. The van der Waals surface area contributed by atoms with Gasteiger partial charge in [0.25, 0.3) is 0 Å². The summed E-state index contributed by atoms with van der Waals surface area (Å²) >= 11 is 0. The molecule has 3 heterocycles. The maximum absolute atomic E-state index is 13.7. The lowest BCUT2D eigenvalue weighted by Gasteiger charge is -2.42. The lowest BCUT2D eigenvalue weighted by molar-refractivity contribution is -0.137. The third kappa shape index (κ3) is 5.43. The third-order valence-corrected chi connectivity index (χ3v) is 5.98. The van der Waals surface area contributed by atoms with Gasteiger partial charge in [0.2, 0.25) is 11.9 Å². The fourth-order valence-electron chi connectivity index (χ4n) is 4.24. The van der Waals surface area contributed by atoms with Crippen LogP contribution in [0.2, 0.25) is 0 Å². The van der Waals surface area contributed by atoms with Gasteiger partial charge < -0.3 is 30.9 Å². The Labute approximate surface area is 210 Å². The summed E-state index contributed by atoms with van der Waals surface area (Å²) in [5.74, 6) is -0.215. The molecule has 0 saturated carbocycles. The Balaban J connectivity index is 1.39. The minimum Gasteiger partial charge on any atom is -0.489 e. The minimum atomic E-state index is -4.69. The summed E-state index contributed by atoms with van der Waals surface area (Å²) in [5.41, 5.74) is 1.20. The van der Waals surface area contributed by atoms with E-state index in [4.69, 9.17) is 4.74 Å². The Morgan fingerprint density at radius 2 is 1.97 bits per heavy atom. The molecule has 0 radical (unpaired) electrons. The smallest absolute Gasteiger partial charge is 0.421 e. The first-order chi connectivity index (χ1) is 17.8. The first kappa shape index (κ1) is 24.4. The molecule has 1 atom stereocenters. The quantitative estimate of drug-likeness (QED) is 0.364. The van der Waals surface area contributed by atoms with E-state index in [9.17, 15) is 18.0 Å². The molecule has 4 N–H and O–H groups in total. The van der Waals surface area contributed by atoms with Crippen molar-refractivity contribution < 1.29 is 22.7 Å². The minimum absolute atomic E-state index is 0.0255. The predicted octanol–water partition coefficient (Wildman–Crippen LogP) is 4.28. The fourth-order valence-corrected chi connectivity index (χ4v) is 4.24. The van der Waals surface area contributed by atoms with Gasteiger partial charge in [0.15, 0.2) is 0 Å². The topological polar surface area (TPSA) is 103 Å². The maximum atomic E-state index is 13.7. The van der Waals surface area contributed by atoms with Crippen LogP contribution in [-0.4, -0.2) is 48.2 Å². The number of benzene rings is 2. The molecule has 1 saturated heterocycles. The average Bonchev–Trinajstić information content (AvgIpc) is 2.88. The van der Waals surface area contributed by atoms with Crippen LogP contribution in [0.15, 0.2) is 61.3 Å². The first-order valence-corrected chi connectivity index (χ1v) is 11.6. The first-order valence-electron chi connectivity index (χ1n) is 11.6. The molecule has 0 bridgehead atoms. The molecule has 1 aromatic heterocycles. The lowest BCUT2D eigenvalue weighted by Crippen LogP contribution is -2.55. The van der Waals surface area contributed by atoms with Gasteiger partial charge in [-0.05, 0) is 36.4 Å². The van der Waals surface area contributed by atoms with Crippen molar-refractivity contribution in [1.82, 2.24) is 15.3 Å². The largest absolute Gasteiger partial charge is 0.489 e. The van der Waals surface area contributed by atoms with Gasteiger partial charge in [-0.1, -0.05) is 12.6 Å². The number of ether oxygens (including phenoxy) is 1. The zero-order chi connectivity index (χ0) is 26.0. The second-order valence-corrected chi connectivity index (χ2v) is 8.52. The molecule has 9 nitrogen and oxygen atoms in total. The van der Waals surface area contributed by atoms with E-state index in [1.54, 1.807) is 24.3 Å². The number of amides is 1. The van der Waals surface area contributed by atoms with Crippen molar-refractivity contribution >= 4 is 40.4 Å². The number of anilines is 6. The SMILES string of the molecule is C=CC(=O)Nc1cccc(Nc2nc(Nc3ccc4c(c3)OC[C@@H]3CNCCN43)ncc2C(F)(F)F)c1. The number of hydrogen-bond donors (Lipinski definition) is 4. The van der Waals surface area contributed by atoms with Gasteiger partial charge in [0.05, 0.1) is 11.7 Å². The van der Waals surface area contributed by atoms with Gasteiger partial charge >= 0.3 is 6.18 Å². The van der Waals surface area contributed by atoms with E-state index in [1.807, 2.05) is 12.1 Å². The highest BCUT2D eigenvalue weighted by Crippen LogP contribution is 2.38. The van der Waals surface area contributed by atoms with E-state index in [-0.39, 0.29) is 12.0 Å². The Bertz CT molecular complexity index is 1330. The van der Waals surface area contributed by atoms with Crippen molar-refractivity contribution in [3.8, 4) is 5.75 Å². The molecule has 192 valence electrons. The Kier molecular flexibility index (Phi) is 6.57. The summed E-state index contributed by atoms with van der Waals surface area (Å²) in [7, 11) is 0. The van der Waals surface area contributed by atoms with E-state index in [2.05, 4.69) is 42.7 Å². The summed E-state index contributed by atoms with van der Waals surface area (Å²) in [5, 5.41) is 11.6. The summed E-state index contributed by atoms with van der Waals surface area (Å²) in [6.45, 7) is 6.52. The van der Waals surface area contributed by atoms with Crippen LogP contribution in [0.1, 0.15) is 5.56 Å². The van der Waals surface area contributed by atoms with E-state index >= 15 is 0 Å². The summed E-state index contributed by atoms with van der Waals surface area (Å²) in [6.07, 6.45) is -2.87. The molecule has 12 heteroatoms.